The Morgan fingerprint density at radius 3 is 2.76 bits per heavy atom. The number of carbonyl (C=O) groups is 2. The summed E-state index contributed by atoms with van der Waals surface area (Å²) in [6.45, 7) is 1.78. The Hall–Kier alpha value is -1.56. The second-order valence-corrected chi connectivity index (χ2v) is 4.05. The molecule has 0 bridgehead atoms. The monoisotopic (exact) mass is 301 g/mol. The highest BCUT2D eigenvalue weighted by Gasteiger charge is 2.20. The van der Waals surface area contributed by atoms with Gasteiger partial charge in [-0.3, -0.25) is 4.79 Å². The lowest BCUT2D eigenvalue weighted by Crippen LogP contribution is -2.40. The summed E-state index contributed by atoms with van der Waals surface area (Å²) < 4.78 is 5.44. The summed E-state index contributed by atoms with van der Waals surface area (Å²) in [5.41, 5.74) is 0. The molecule has 0 spiro atoms. The fourth-order valence-electron chi connectivity index (χ4n) is 1.16. The van der Waals surface area contributed by atoms with Gasteiger partial charge in [0.05, 0.1) is 0 Å². The summed E-state index contributed by atoms with van der Waals surface area (Å²) in [7, 11) is 0. The van der Waals surface area contributed by atoms with Gasteiger partial charge in [0.2, 0.25) is 0 Å². The van der Waals surface area contributed by atoms with E-state index >= 15 is 0 Å². The molecule has 1 amide bonds. The van der Waals surface area contributed by atoms with Gasteiger partial charge in [-0.25, -0.2) is 4.79 Å². The van der Waals surface area contributed by atoms with Crippen LogP contribution in [0, 0.1) is 0 Å². The van der Waals surface area contributed by atoms with Gasteiger partial charge in [-0.05, 0) is 41.4 Å². The van der Waals surface area contributed by atoms with Crippen LogP contribution in [0.4, 0.5) is 0 Å². The van der Waals surface area contributed by atoms with Crippen LogP contribution >= 0.6 is 15.9 Å². The van der Waals surface area contributed by atoms with Gasteiger partial charge in [0.25, 0.3) is 5.91 Å². The van der Waals surface area contributed by atoms with E-state index in [9.17, 15) is 9.59 Å². The van der Waals surface area contributed by atoms with Gasteiger partial charge in [-0.15, -0.1) is 0 Å². The van der Waals surface area contributed by atoms with Crippen molar-refractivity contribution < 1.29 is 19.1 Å². The molecule has 6 heteroatoms. The van der Waals surface area contributed by atoms with Crippen molar-refractivity contribution in [2.24, 2.45) is 0 Å². The van der Waals surface area contributed by atoms with E-state index in [0.29, 0.717) is 4.67 Å². The number of rotatable bonds is 5. The second-order valence-electron chi connectivity index (χ2n) is 3.27. The number of carboxylic acid groups (broad SMARTS) is 1. The molecule has 2 N–H and O–H groups in total. The summed E-state index contributed by atoms with van der Waals surface area (Å²) in [6, 6.07) is 2.08. The predicted molar refractivity (Wildman–Crippen MR) is 64.7 cm³/mol. The first-order valence-electron chi connectivity index (χ1n) is 4.94. The Labute approximate surface area is 107 Å². The molecule has 0 saturated heterocycles. The zero-order valence-electron chi connectivity index (χ0n) is 9.14. The summed E-state index contributed by atoms with van der Waals surface area (Å²) in [5, 5.41) is 11.3. The minimum atomic E-state index is -1.08. The molecule has 1 unspecified atom stereocenters. The van der Waals surface area contributed by atoms with Gasteiger partial charge in [0, 0.05) is 0 Å². The number of carbonyl (C=O) groups excluding carboxylic acids is 1. The molecule has 92 valence electrons. The van der Waals surface area contributed by atoms with Crippen LogP contribution in [0.25, 0.3) is 0 Å². The number of furan rings is 1. The third kappa shape index (κ3) is 4.07. The lowest BCUT2D eigenvalue weighted by molar-refractivity contribution is -0.139. The van der Waals surface area contributed by atoms with E-state index in [1.165, 1.54) is 6.07 Å². The third-order valence-electron chi connectivity index (χ3n) is 2.01. The maximum Gasteiger partial charge on any atom is 0.326 e. The number of carboxylic acids is 1. The van der Waals surface area contributed by atoms with Crippen LogP contribution in [-0.4, -0.2) is 23.0 Å². The molecule has 0 radical (unpaired) electrons. The van der Waals surface area contributed by atoms with Crippen molar-refractivity contribution in [2.75, 3.05) is 0 Å². The highest BCUT2D eigenvalue weighted by molar-refractivity contribution is 9.10. The number of hydrogen-bond donors (Lipinski definition) is 2. The first-order chi connectivity index (χ1) is 8.04. The van der Waals surface area contributed by atoms with Crippen LogP contribution < -0.4 is 5.32 Å². The standard InChI is InChI=1S/C11H12BrNO4/c1-2-3-4-7(11(15)16)13-10(14)8-5-6-9(12)17-8/h2-3,5-7H,4H2,1H3,(H,13,14)(H,15,16)/b3-2+. The molecule has 1 rings (SSSR count). The summed E-state index contributed by atoms with van der Waals surface area (Å²) >= 11 is 3.06. The molecule has 17 heavy (non-hydrogen) atoms. The SMILES string of the molecule is C/C=C/CC(NC(=O)c1ccc(Br)o1)C(=O)O. The van der Waals surface area contributed by atoms with E-state index in [2.05, 4.69) is 21.2 Å². The van der Waals surface area contributed by atoms with Gasteiger partial charge < -0.3 is 14.8 Å². The molecule has 1 aromatic heterocycles. The number of aliphatic carboxylic acids is 1. The van der Waals surface area contributed by atoms with Crippen LogP contribution in [-0.2, 0) is 4.79 Å². The number of hydrogen-bond acceptors (Lipinski definition) is 3. The van der Waals surface area contributed by atoms with E-state index in [4.69, 9.17) is 9.52 Å². The topological polar surface area (TPSA) is 79.5 Å². The molecular weight excluding hydrogens is 290 g/mol. The number of nitrogens with one attached hydrogen (secondary N) is 1. The lowest BCUT2D eigenvalue weighted by Gasteiger charge is -2.11. The van der Waals surface area contributed by atoms with Crippen LogP contribution in [0.15, 0.2) is 33.4 Å². The summed E-state index contributed by atoms with van der Waals surface area (Å²) in [4.78, 5) is 22.5. The minimum Gasteiger partial charge on any atom is -0.480 e. The molecule has 0 aromatic carbocycles. The first kappa shape index (κ1) is 13.5. The average Bonchev–Trinajstić information content (AvgIpc) is 2.70. The Balaban J connectivity index is 2.67. The van der Waals surface area contributed by atoms with Crippen molar-refractivity contribution in [2.45, 2.75) is 19.4 Å². The molecular formula is C11H12BrNO4. The smallest absolute Gasteiger partial charge is 0.326 e. The van der Waals surface area contributed by atoms with Crippen molar-refractivity contribution in [3.63, 3.8) is 0 Å². The zero-order valence-corrected chi connectivity index (χ0v) is 10.7. The number of halogens is 1. The normalized spacial score (nSPS) is 12.6. The molecule has 1 atom stereocenters. The predicted octanol–water partition coefficient (Wildman–Crippen LogP) is 2.19. The van der Waals surface area contributed by atoms with E-state index in [-0.39, 0.29) is 12.2 Å². The quantitative estimate of drug-likeness (QED) is 0.817. The fourth-order valence-corrected chi connectivity index (χ4v) is 1.47. The van der Waals surface area contributed by atoms with Gasteiger partial charge in [0.1, 0.15) is 6.04 Å². The number of allylic oxidation sites excluding steroid dienone is 1. The summed E-state index contributed by atoms with van der Waals surface area (Å²) in [6.07, 6.45) is 3.64. The molecule has 0 aliphatic rings. The van der Waals surface area contributed by atoms with E-state index in [1.54, 1.807) is 25.1 Å². The zero-order chi connectivity index (χ0) is 12.8. The first-order valence-corrected chi connectivity index (χ1v) is 5.74. The lowest BCUT2D eigenvalue weighted by atomic mass is 10.2. The van der Waals surface area contributed by atoms with Crippen molar-refractivity contribution in [3.05, 3.63) is 34.7 Å². The highest BCUT2D eigenvalue weighted by Crippen LogP contribution is 2.14. The van der Waals surface area contributed by atoms with E-state index < -0.39 is 17.9 Å². The molecule has 0 fully saturated rings. The van der Waals surface area contributed by atoms with Crippen LogP contribution in [0.5, 0.6) is 0 Å². The van der Waals surface area contributed by atoms with Gasteiger partial charge in [-0.2, -0.15) is 0 Å². The Morgan fingerprint density at radius 2 is 2.29 bits per heavy atom. The molecule has 1 aromatic rings. The number of amides is 1. The van der Waals surface area contributed by atoms with Gasteiger partial charge >= 0.3 is 5.97 Å². The van der Waals surface area contributed by atoms with Crippen LogP contribution in [0.2, 0.25) is 0 Å². The Bertz CT molecular complexity index is 438. The minimum absolute atomic E-state index is 0.0728. The maximum atomic E-state index is 11.6. The molecule has 5 nitrogen and oxygen atoms in total. The van der Waals surface area contributed by atoms with Gasteiger partial charge in [-0.1, -0.05) is 12.2 Å². The van der Waals surface area contributed by atoms with Crippen molar-refractivity contribution in [3.8, 4) is 0 Å². The molecule has 0 saturated carbocycles. The molecule has 0 aliphatic heterocycles. The van der Waals surface area contributed by atoms with Crippen LogP contribution in [0.3, 0.4) is 0 Å². The third-order valence-corrected chi connectivity index (χ3v) is 2.43. The van der Waals surface area contributed by atoms with Gasteiger partial charge in [0.15, 0.2) is 10.4 Å². The van der Waals surface area contributed by atoms with E-state index in [1.807, 2.05) is 0 Å². The Kier molecular flexibility index (Phi) is 4.96. The van der Waals surface area contributed by atoms with E-state index in [0.717, 1.165) is 0 Å². The fraction of sp³-hybridized carbons (Fsp3) is 0.273. The highest BCUT2D eigenvalue weighted by atomic mass is 79.9. The van der Waals surface area contributed by atoms with Crippen LogP contribution in [0.1, 0.15) is 23.9 Å². The largest absolute Gasteiger partial charge is 0.480 e. The second kappa shape index (κ2) is 6.24. The molecule has 1 heterocycles. The van der Waals surface area contributed by atoms with Crippen molar-refractivity contribution in [1.29, 1.82) is 0 Å². The average molecular weight is 302 g/mol. The maximum absolute atomic E-state index is 11.6. The van der Waals surface area contributed by atoms with Crippen molar-refractivity contribution in [1.82, 2.24) is 5.32 Å². The Morgan fingerprint density at radius 1 is 1.59 bits per heavy atom. The summed E-state index contributed by atoms with van der Waals surface area (Å²) in [5.74, 6) is -1.56. The molecule has 0 aliphatic carbocycles. The van der Waals surface area contributed by atoms with Crippen molar-refractivity contribution >= 4 is 27.8 Å².